The van der Waals surface area contributed by atoms with E-state index >= 15 is 0 Å². The van der Waals surface area contributed by atoms with Crippen molar-refractivity contribution >= 4 is 40.0 Å². The van der Waals surface area contributed by atoms with Gasteiger partial charge in [0.05, 0.1) is 12.3 Å². The molecule has 1 fully saturated rings. The number of para-hydroxylation sites is 3. The van der Waals surface area contributed by atoms with Gasteiger partial charge in [-0.1, -0.05) is 36.4 Å². The Balaban J connectivity index is 1.01. The summed E-state index contributed by atoms with van der Waals surface area (Å²) >= 11 is 0. The van der Waals surface area contributed by atoms with Crippen LogP contribution in [0.2, 0.25) is 0 Å². The minimum Gasteiger partial charge on any atom is -0.492 e. The number of amides is 2. The van der Waals surface area contributed by atoms with E-state index in [9.17, 15) is 9.59 Å². The average Bonchev–Trinajstić information content (AvgIpc) is 3.42. The molecule has 42 heavy (non-hydrogen) atoms. The van der Waals surface area contributed by atoms with Gasteiger partial charge in [-0.15, -0.1) is 0 Å². The highest BCUT2D eigenvalue weighted by Crippen LogP contribution is 2.24. The molecule has 2 amide bonds. The third-order valence-corrected chi connectivity index (χ3v) is 7.46. The first-order chi connectivity index (χ1) is 20.6. The van der Waals surface area contributed by atoms with Gasteiger partial charge in [-0.2, -0.15) is 0 Å². The maximum Gasteiger partial charge on any atom is 0.411 e. The van der Waals surface area contributed by atoms with E-state index in [1.54, 1.807) is 6.07 Å². The van der Waals surface area contributed by atoms with Crippen molar-refractivity contribution in [3.05, 3.63) is 84.6 Å². The van der Waals surface area contributed by atoms with Crippen LogP contribution in [0.3, 0.4) is 0 Å². The van der Waals surface area contributed by atoms with Crippen LogP contribution in [0.5, 0.6) is 5.75 Å². The fraction of sp³-hybridized carbons (Fsp3) is 0.333. The summed E-state index contributed by atoms with van der Waals surface area (Å²) in [6, 6.07) is 23.6. The Morgan fingerprint density at radius 2 is 1.74 bits per heavy atom. The molecule has 1 aliphatic rings. The van der Waals surface area contributed by atoms with Gasteiger partial charge in [0.2, 0.25) is 5.91 Å². The number of H-pyrrole nitrogens is 1. The monoisotopic (exact) mass is 569 g/mol. The fourth-order valence-corrected chi connectivity index (χ4v) is 5.28. The van der Waals surface area contributed by atoms with E-state index in [4.69, 9.17) is 9.47 Å². The first-order valence-corrected chi connectivity index (χ1v) is 14.7. The second-order valence-corrected chi connectivity index (χ2v) is 10.3. The number of fused-ring (bicyclic) bond motifs is 1. The van der Waals surface area contributed by atoms with E-state index in [1.807, 2.05) is 61.7 Å². The molecule has 0 bridgehead atoms. The molecule has 5 rings (SSSR count). The number of aryl methyl sites for hydroxylation is 1. The maximum absolute atomic E-state index is 12.6. The van der Waals surface area contributed by atoms with Crippen LogP contribution < -0.4 is 20.3 Å². The minimum atomic E-state index is -0.488. The normalized spacial score (nSPS) is 13.6. The third kappa shape index (κ3) is 7.82. The number of nitrogens with zero attached hydrogens (tertiary/aromatic N) is 2. The average molecular weight is 570 g/mol. The van der Waals surface area contributed by atoms with Crippen molar-refractivity contribution in [1.29, 1.82) is 0 Å². The lowest BCUT2D eigenvalue weighted by molar-refractivity contribution is -0.116. The molecule has 2 heterocycles. The van der Waals surface area contributed by atoms with Gasteiger partial charge >= 0.3 is 6.09 Å². The van der Waals surface area contributed by atoms with Crippen LogP contribution in [0.15, 0.2) is 79.0 Å². The van der Waals surface area contributed by atoms with Crippen molar-refractivity contribution in [2.45, 2.75) is 26.2 Å². The molecule has 0 unspecified atom stereocenters. The van der Waals surface area contributed by atoms with Gasteiger partial charge in [-0.05, 0) is 61.7 Å². The number of hydrogen-bond donors (Lipinski definition) is 3. The summed E-state index contributed by atoms with van der Waals surface area (Å²) in [5.74, 6) is 0.653. The van der Waals surface area contributed by atoms with Crippen LogP contribution in [-0.4, -0.2) is 67.8 Å². The number of nitrogens with one attached hydrogen (secondary N) is 3. The molecule has 3 N–H and O–H groups in total. The van der Waals surface area contributed by atoms with Crippen molar-refractivity contribution in [1.82, 2.24) is 9.88 Å². The summed E-state index contributed by atoms with van der Waals surface area (Å²) in [7, 11) is 0. The smallest absolute Gasteiger partial charge is 0.411 e. The quantitative estimate of drug-likeness (QED) is 0.197. The molecule has 0 atom stereocenters. The SMILES string of the molecule is CCOc1ccccc1NC(=O)OCCN1CCN(c2cccc(NC(=O)CCCc3c[nH]c4ccccc34)c2)CC1. The van der Waals surface area contributed by atoms with Gasteiger partial charge in [0.15, 0.2) is 0 Å². The van der Waals surface area contributed by atoms with Crippen LogP contribution in [0, 0.1) is 0 Å². The first kappa shape index (κ1) is 29.0. The summed E-state index contributed by atoms with van der Waals surface area (Å²) in [5.41, 5.74) is 4.89. The molecule has 0 spiro atoms. The van der Waals surface area contributed by atoms with E-state index in [2.05, 4.69) is 43.6 Å². The maximum atomic E-state index is 12.6. The number of piperazine rings is 1. The van der Waals surface area contributed by atoms with Crippen LogP contribution >= 0.6 is 0 Å². The second kappa shape index (κ2) is 14.4. The van der Waals surface area contributed by atoms with Crippen molar-refractivity contribution < 1.29 is 19.1 Å². The molecule has 9 heteroatoms. The standard InChI is InChI=1S/C33H39N5O4/c1-2-41-31-15-6-5-14-30(31)36-33(40)42-22-21-37-17-19-38(20-18-37)27-11-8-10-26(23-27)35-32(39)16-7-9-25-24-34-29-13-4-3-12-28(25)29/h3-6,8,10-15,23-24,34H,2,7,9,16-22H2,1H3,(H,35,39)(H,36,40). The van der Waals surface area contributed by atoms with E-state index in [0.717, 1.165) is 55.9 Å². The molecule has 3 aromatic carbocycles. The van der Waals surface area contributed by atoms with Crippen molar-refractivity contribution in [2.75, 3.05) is 61.5 Å². The molecule has 0 aliphatic carbocycles. The molecule has 1 saturated heterocycles. The van der Waals surface area contributed by atoms with Crippen molar-refractivity contribution in [2.24, 2.45) is 0 Å². The Hall–Kier alpha value is -4.50. The van der Waals surface area contributed by atoms with Gasteiger partial charge in [0.1, 0.15) is 12.4 Å². The van der Waals surface area contributed by atoms with Crippen molar-refractivity contribution in [3.8, 4) is 5.75 Å². The Morgan fingerprint density at radius 1 is 0.929 bits per heavy atom. The number of anilines is 3. The molecule has 0 saturated carbocycles. The van der Waals surface area contributed by atoms with E-state index in [0.29, 0.717) is 37.6 Å². The number of aromatic nitrogens is 1. The number of rotatable bonds is 12. The Kier molecular flexibility index (Phi) is 9.95. The molecule has 1 aromatic heterocycles. The van der Waals surface area contributed by atoms with E-state index in [1.165, 1.54) is 10.9 Å². The Labute approximate surface area is 246 Å². The second-order valence-electron chi connectivity index (χ2n) is 10.3. The number of carbonyl (C=O) groups is 2. The minimum absolute atomic E-state index is 0.0298. The summed E-state index contributed by atoms with van der Waals surface area (Å²) in [6.07, 6.45) is 3.68. The van der Waals surface area contributed by atoms with Crippen LogP contribution in [-0.2, 0) is 16.0 Å². The highest BCUT2D eigenvalue weighted by atomic mass is 16.5. The van der Waals surface area contributed by atoms with Crippen LogP contribution in [0.25, 0.3) is 10.9 Å². The molecule has 220 valence electrons. The molecule has 1 aliphatic heterocycles. The van der Waals surface area contributed by atoms with E-state index < -0.39 is 6.09 Å². The molecule has 0 radical (unpaired) electrons. The Bertz CT molecular complexity index is 1480. The number of benzene rings is 3. The van der Waals surface area contributed by atoms with Crippen LogP contribution in [0.4, 0.5) is 21.9 Å². The molecule has 9 nitrogen and oxygen atoms in total. The highest BCUT2D eigenvalue weighted by molar-refractivity contribution is 5.91. The fourth-order valence-electron chi connectivity index (χ4n) is 5.28. The van der Waals surface area contributed by atoms with Gasteiger partial charge in [-0.25, -0.2) is 4.79 Å². The lowest BCUT2D eigenvalue weighted by Crippen LogP contribution is -2.47. The highest BCUT2D eigenvalue weighted by Gasteiger charge is 2.18. The zero-order valence-corrected chi connectivity index (χ0v) is 24.1. The largest absolute Gasteiger partial charge is 0.492 e. The number of carbonyl (C=O) groups excluding carboxylic acids is 2. The van der Waals surface area contributed by atoms with Gasteiger partial charge in [0.25, 0.3) is 0 Å². The zero-order valence-electron chi connectivity index (χ0n) is 24.1. The molecule has 4 aromatic rings. The predicted octanol–water partition coefficient (Wildman–Crippen LogP) is 5.90. The topological polar surface area (TPSA) is 98.9 Å². The Morgan fingerprint density at radius 3 is 2.60 bits per heavy atom. The lowest BCUT2D eigenvalue weighted by atomic mass is 10.1. The van der Waals surface area contributed by atoms with Gasteiger partial charge in [0, 0.05) is 67.6 Å². The number of ether oxygens (including phenoxy) is 2. The van der Waals surface area contributed by atoms with E-state index in [-0.39, 0.29) is 5.91 Å². The zero-order chi connectivity index (χ0) is 29.1. The molecular formula is C33H39N5O4. The predicted molar refractivity (Wildman–Crippen MR) is 168 cm³/mol. The summed E-state index contributed by atoms with van der Waals surface area (Å²) in [4.78, 5) is 32.8. The van der Waals surface area contributed by atoms with Gasteiger partial charge < -0.3 is 24.7 Å². The van der Waals surface area contributed by atoms with Gasteiger partial charge in [-0.3, -0.25) is 15.0 Å². The lowest BCUT2D eigenvalue weighted by Gasteiger charge is -2.36. The number of hydrogen-bond acceptors (Lipinski definition) is 6. The first-order valence-electron chi connectivity index (χ1n) is 14.7. The third-order valence-electron chi connectivity index (χ3n) is 7.46. The van der Waals surface area contributed by atoms with Crippen LogP contribution in [0.1, 0.15) is 25.3 Å². The summed E-state index contributed by atoms with van der Waals surface area (Å²) in [6.45, 7) is 6.84. The molecular weight excluding hydrogens is 530 g/mol. The summed E-state index contributed by atoms with van der Waals surface area (Å²) in [5, 5.41) is 7.05. The number of aromatic amines is 1. The summed E-state index contributed by atoms with van der Waals surface area (Å²) < 4.78 is 11.0. The van der Waals surface area contributed by atoms with Crippen molar-refractivity contribution in [3.63, 3.8) is 0 Å².